The molecule has 0 aliphatic heterocycles. The molecule has 1 unspecified atom stereocenters. The summed E-state index contributed by atoms with van der Waals surface area (Å²) >= 11 is 0. The Hall–Kier alpha value is -0.660. The van der Waals surface area contributed by atoms with E-state index in [1.807, 2.05) is 0 Å². The number of ketones is 2. The van der Waals surface area contributed by atoms with E-state index in [2.05, 4.69) is 6.92 Å². The second-order valence-corrected chi connectivity index (χ2v) is 8.15. The van der Waals surface area contributed by atoms with E-state index in [1.54, 1.807) is 6.92 Å². The van der Waals surface area contributed by atoms with Crippen LogP contribution in [0.3, 0.4) is 0 Å². The normalized spacial score (nSPS) is 28.1. The van der Waals surface area contributed by atoms with Crippen molar-refractivity contribution >= 4 is 11.6 Å². The molecule has 2 aliphatic rings. The molecule has 2 aliphatic carbocycles. The first-order valence-electron chi connectivity index (χ1n) is 10.1. The Balaban J connectivity index is 1.88. The van der Waals surface area contributed by atoms with Crippen molar-refractivity contribution in [3.05, 3.63) is 0 Å². The summed E-state index contributed by atoms with van der Waals surface area (Å²) in [6.45, 7) is 3.95. The van der Waals surface area contributed by atoms with Crippen LogP contribution in [0.15, 0.2) is 0 Å². The predicted molar refractivity (Wildman–Crippen MR) is 95.3 cm³/mol. The van der Waals surface area contributed by atoms with Crippen molar-refractivity contribution in [2.45, 2.75) is 97.3 Å². The maximum absolute atomic E-state index is 13.0. The largest absolute Gasteiger partial charge is 0.300 e. The van der Waals surface area contributed by atoms with E-state index in [-0.39, 0.29) is 5.92 Å². The Morgan fingerprint density at radius 3 is 2.30 bits per heavy atom. The number of carbonyl (C=O) groups excluding carboxylic acids is 2. The maximum Gasteiger partial charge on any atom is 0.136 e. The molecule has 0 aromatic heterocycles. The van der Waals surface area contributed by atoms with Crippen LogP contribution < -0.4 is 0 Å². The molecular weight excluding hydrogens is 284 g/mol. The van der Waals surface area contributed by atoms with E-state index >= 15 is 0 Å². The van der Waals surface area contributed by atoms with Gasteiger partial charge < -0.3 is 0 Å². The standard InChI is InChI=1S/C21H36O2/c1-3-8-20(19-10-5-4-6-11-19)21(23)15-17-9-7-12-18(14-13-17)16(2)22/h17-20H,3-15H2,1-2H3/t17?,18-,20+/m1/s1. The number of carbonyl (C=O) groups is 2. The molecule has 2 heteroatoms. The average Bonchev–Trinajstić information content (AvgIpc) is 2.79. The van der Waals surface area contributed by atoms with Gasteiger partial charge in [-0.25, -0.2) is 0 Å². The average molecular weight is 321 g/mol. The minimum Gasteiger partial charge on any atom is -0.300 e. The fraction of sp³-hybridized carbons (Fsp3) is 0.905. The quantitative estimate of drug-likeness (QED) is 0.561. The van der Waals surface area contributed by atoms with Crippen molar-refractivity contribution in [3.8, 4) is 0 Å². The first-order chi connectivity index (χ1) is 11.1. The lowest BCUT2D eigenvalue weighted by atomic mass is 9.74. The highest BCUT2D eigenvalue weighted by Gasteiger charge is 2.31. The van der Waals surface area contributed by atoms with Gasteiger partial charge in [-0.05, 0) is 57.3 Å². The number of hydrogen-bond donors (Lipinski definition) is 0. The number of rotatable bonds is 7. The van der Waals surface area contributed by atoms with Gasteiger partial charge in [-0.3, -0.25) is 9.59 Å². The van der Waals surface area contributed by atoms with E-state index in [1.165, 1.54) is 32.1 Å². The molecule has 3 atom stereocenters. The Morgan fingerprint density at radius 1 is 0.913 bits per heavy atom. The molecular formula is C21H36O2. The topological polar surface area (TPSA) is 34.1 Å². The zero-order valence-corrected chi connectivity index (χ0v) is 15.3. The first-order valence-corrected chi connectivity index (χ1v) is 10.1. The van der Waals surface area contributed by atoms with Gasteiger partial charge in [0.2, 0.25) is 0 Å². The molecule has 23 heavy (non-hydrogen) atoms. The highest BCUT2D eigenvalue weighted by atomic mass is 16.1. The van der Waals surface area contributed by atoms with Gasteiger partial charge in [-0.1, -0.05) is 45.4 Å². The van der Waals surface area contributed by atoms with E-state index in [4.69, 9.17) is 0 Å². The molecule has 0 radical (unpaired) electrons. The molecule has 2 fully saturated rings. The van der Waals surface area contributed by atoms with Gasteiger partial charge in [0.05, 0.1) is 0 Å². The van der Waals surface area contributed by atoms with Crippen LogP contribution in [0.4, 0.5) is 0 Å². The fourth-order valence-corrected chi connectivity index (χ4v) is 4.93. The van der Waals surface area contributed by atoms with Gasteiger partial charge in [0.15, 0.2) is 0 Å². The lowest BCUT2D eigenvalue weighted by Crippen LogP contribution is -2.27. The summed E-state index contributed by atoms with van der Waals surface area (Å²) in [6, 6.07) is 0. The summed E-state index contributed by atoms with van der Waals surface area (Å²) in [7, 11) is 0. The lowest BCUT2D eigenvalue weighted by Gasteiger charge is -2.30. The van der Waals surface area contributed by atoms with E-state index in [0.717, 1.165) is 51.4 Å². The van der Waals surface area contributed by atoms with Crippen LogP contribution in [0.2, 0.25) is 0 Å². The van der Waals surface area contributed by atoms with Crippen molar-refractivity contribution in [3.63, 3.8) is 0 Å². The van der Waals surface area contributed by atoms with Gasteiger partial charge in [-0.2, -0.15) is 0 Å². The monoisotopic (exact) mass is 320 g/mol. The Bertz CT molecular complexity index is 381. The summed E-state index contributed by atoms with van der Waals surface area (Å²) in [5.41, 5.74) is 0. The van der Waals surface area contributed by atoms with Crippen molar-refractivity contribution in [1.82, 2.24) is 0 Å². The molecule has 132 valence electrons. The zero-order chi connectivity index (χ0) is 16.7. The molecule has 0 amide bonds. The molecule has 0 N–H and O–H groups in total. The van der Waals surface area contributed by atoms with Crippen LogP contribution in [-0.2, 0) is 9.59 Å². The summed E-state index contributed by atoms with van der Waals surface area (Å²) in [5.74, 6) is 2.68. The van der Waals surface area contributed by atoms with Crippen LogP contribution in [-0.4, -0.2) is 11.6 Å². The highest BCUT2D eigenvalue weighted by molar-refractivity contribution is 5.81. The SMILES string of the molecule is CCC[C@H](C(=O)CC1CCC[C@@H](C(C)=O)CC1)C1CCCCC1. The predicted octanol–water partition coefficient (Wildman–Crippen LogP) is 5.73. The van der Waals surface area contributed by atoms with Gasteiger partial charge in [0.25, 0.3) is 0 Å². The third-order valence-corrected chi connectivity index (χ3v) is 6.39. The molecule has 0 aromatic carbocycles. The first kappa shape index (κ1) is 18.7. The second-order valence-electron chi connectivity index (χ2n) is 8.15. The van der Waals surface area contributed by atoms with E-state index < -0.39 is 0 Å². The highest BCUT2D eigenvalue weighted by Crippen LogP contribution is 2.36. The Labute approximate surface area is 142 Å². The van der Waals surface area contributed by atoms with Crippen LogP contribution >= 0.6 is 0 Å². The van der Waals surface area contributed by atoms with E-state index in [0.29, 0.717) is 29.3 Å². The third kappa shape index (κ3) is 5.72. The molecule has 2 saturated carbocycles. The van der Waals surface area contributed by atoms with Crippen molar-refractivity contribution < 1.29 is 9.59 Å². The molecule has 2 nitrogen and oxygen atoms in total. The summed E-state index contributed by atoms with van der Waals surface area (Å²) in [4.78, 5) is 24.6. The molecule has 0 saturated heterocycles. The molecule has 0 spiro atoms. The summed E-state index contributed by atoms with van der Waals surface area (Å²) < 4.78 is 0. The Kier molecular flexibility index (Phi) is 7.79. The summed E-state index contributed by atoms with van der Waals surface area (Å²) in [6.07, 6.45) is 15.0. The minimum atomic E-state index is 0.264. The van der Waals surface area contributed by atoms with Crippen molar-refractivity contribution in [1.29, 1.82) is 0 Å². The van der Waals surface area contributed by atoms with Crippen molar-refractivity contribution in [2.24, 2.45) is 23.7 Å². The van der Waals surface area contributed by atoms with Gasteiger partial charge in [-0.15, -0.1) is 0 Å². The zero-order valence-electron chi connectivity index (χ0n) is 15.3. The van der Waals surface area contributed by atoms with Gasteiger partial charge in [0, 0.05) is 18.3 Å². The summed E-state index contributed by atoms with van der Waals surface area (Å²) in [5, 5.41) is 0. The van der Waals surface area contributed by atoms with Crippen LogP contribution in [0, 0.1) is 23.7 Å². The Morgan fingerprint density at radius 2 is 1.65 bits per heavy atom. The minimum absolute atomic E-state index is 0.264. The third-order valence-electron chi connectivity index (χ3n) is 6.39. The van der Waals surface area contributed by atoms with E-state index in [9.17, 15) is 9.59 Å². The van der Waals surface area contributed by atoms with Crippen LogP contribution in [0.25, 0.3) is 0 Å². The number of hydrogen-bond acceptors (Lipinski definition) is 2. The molecule has 0 aromatic rings. The lowest BCUT2D eigenvalue weighted by molar-refractivity contribution is -0.126. The van der Waals surface area contributed by atoms with Crippen molar-refractivity contribution in [2.75, 3.05) is 0 Å². The fourth-order valence-electron chi connectivity index (χ4n) is 4.93. The maximum atomic E-state index is 13.0. The molecule has 0 bridgehead atoms. The van der Waals surface area contributed by atoms with Crippen LogP contribution in [0.5, 0.6) is 0 Å². The smallest absolute Gasteiger partial charge is 0.136 e. The second kappa shape index (κ2) is 9.59. The van der Waals surface area contributed by atoms with Gasteiger partial charge >= 0.3 is 0 Å². The molecule has 0 heterocycles. The van der Waals surface area contributed by atoms with Gasteiger partial charge in [0.1, 0.15) is 11.6 Å². The molecule has 2 rings (SSSR count). The van der Waals surface area contributed by atoms with Crippen LogP contribution in [0.1, 0.15) is 97.3 Å². The number of Topliss-reactive ketones (excluding diaryl/α,β-unsaturated/α-hetero) is 2.